The minimum atomic E-state index is -3.03. The number of amides is 1. The van der Waals surface area contributed by atoms with Gasteiger partial charge in [-0.1, -0.05) is 0 Å². The maximum Gasteiger partial charge on any atom is 0.244 e. The van der Waals surface area contributed by atoms with E-state index >= 15 is 0 Å². The predicted molar refractivity (Wildman–Crippen MR) is 71.6 cm³/mol. The van der Waals surface area contributed by atoms with Gasteiger partial charge in [-0.15, -0.1) is 0 Å². The first-order valence-corrected chi connectivity index (χ1v) is 7.98. The number of carbonyl (C=O) groups excluding carboxylic acids is 1. The zero-order chi connectivity index (χ0) is 14.3. The summed E-state index contributed by atoms with van der Waals surface area (Å²) in [5.41, 5.74) is 0.399. The summed E-state index contributed by atoms with van der Waals surface area (Å²) in [5.74, 6) is 0.752. The normalized spacial score (nSPS) is 24.1. The first-order chi connectivity index (χ1) is 9.50. The smallest absolute Gasteiger partial charge is 0.244 e. The molecule has 0 radical (unpaired) electrons. The summed E-state index contributed by atoms with van der Waals surface area (Å²) in [4.78, 5) is 21.6. The maximum absolute atomic E-state index is 11.8. The largest absolute Gasteiger partial charge is 0.479 e. The van der Waals surface area contributed by atoms with Gasteiger partial charge in [0.05, 0.1) is 25.2 Å². The Morgan fingerprint density at radius 1 is 1.45 bits per heavy atom. The Bertz CT molecular complexity index is 660. The van der Waals surface area contributed by atoms with Crippen LogP contribution in [0, 0.1) is 0 Å². The second-order valence-corrected chi connectivity index (χ2v) is 7.04. The molecule has 1 saturated heterocycles. The van der Waals surface area contributed by atoms with E-state index in [-0.39, 0.29) is 35.9 Å². The Hall–Kier alpha value is -1.90. The molecule has 0 saturated carbocycles. The van der Waals surface area contributed by atoms with Gasteiger partial charge in [0, 0.05) is 6.04 Å². The van der Waals surface area contributed by atoms with E-state index in [4.69, 9.17) is 4.74 Å². The number of carbonyl (C=O) groups is 1. The van der Waals surface area contributed by atoms with Gasteiger partial charge in [-0.25, -0.2) is 13.4 Å². The molecule has 3 heterocycles. The first-order valence-electron chi connectivity index (χ1n) is 6.16. The van der Waals surface area contributed by atoms with Crippen molar-refractivity contribution in [2.75, 3.05) is 35.4 Å². The van der Waals surface area contributed by atoms with E-state index in [0.717, 1.165) is 0 Å². The summed E-state index contributed by atoms with van der Waals surface area (Å²) < 4.78 is 28.3. The van der Waals surface area contributed by atoms with E-state index in [1.54, 1.807) is 4.90 Å². The molecule has 1 N–H and O–H groups in total. The van der Waals surface area contributed by atoms with Crippen molar-refractivity contribution in [1.29, 1.82) is 0 Å². The average Bonchev–Trinajstić information content (AvgIpc) is 2.77. The molecule has 3 rings (SSSR count). The molecule has 1 aromatic heterocycles. The lowest BCUT2D eigenvalue weighted by Gasteiger charge is -2.33. The van der Waals surface area contributed by atoms with Crippen LogP contribution in [0.25, 0.3) is 0 Å². The quantitative estimate of drug-likeness (QED) is 0.780. The summed E-state index contributed by atoms with van der Waals surface area (Å²) >= 11 is 0. The number of fused-ring (bicyclic) bond motifs is 1. The van der Waals surface area contributed by atoms with Crippen molar-refractivity contribution in [3.63, 3.8) is 0 Å². The zero-order valence-corrected chi connectivity index (χ0v) is 11.7. The molecule has 8 nitrogen and oxygen atoms in total. The summed E-state index contributed by atoms with van der Waals surface area (Å²) in [7, 11) is -1.58. The highest BCUT2D eigenvalue weighted by atomic mass is 32.2. The standard InChI is InChI=1S/C11H14N4O4S/c1-19-11-9-10(12-6-13-11)15(4-8(16)14-9)7-2-3-20(17,18)5-7/h6-7H,2-5H2,1H3,(H,14,16). The molecule has 2 aliphatic rings. The molecule has 1 unspecified atom stereocenters. The third kappa shape index (κ3) is 2.17. The predicted octanol–water partition coefficient (Wildman–Crippen LogP) is -0.569. The van der Waals surface area contributed by atoms with Gasteiger partial charge in [-0.3, -0.25) is 4.79 Å². The number of sulfone groups is 1. The number of nitrogens with one attached hydrogen (secondary N) is 1. The topological polar surface area (TPSA) is 101 Å². The number of hydrogen-bond donors (Lipinski definition) is 1. The van der Waals surface area contributed by atoms with Crippen LogP contribution in [0.4, 0.5) is 11.5 Å². The molecule has 1 fully saturated rings. The molecule has 9 heteroatoms. The van der Waals surface area contributed by atoms with E-state index in [1.165, 1.54) is 13.4 Å². The maximum atomic E-state index is 11.8. The number of hydrogen-bond acceptors (Lipinski definition) is 7. The van der Waals surface area contributed by atoms with Crippen LogP contribution in [-0.2, 0) is 14.6 Å². The summed E-state index contributed by atoms with van der Waals surface area (Å²) in [5, 5.41) is 2.67. The Kier molecular flexibility index (Phi) is 3.00. The highest BCUT2D eigenvalue weighted by Crippen LogP contribution is 2.36. The van der Waals surface area contributed by atoms with E-state index in [1.807, 2.05) is 0 Å². The van der Waals surface area contributed by atoms with Crippen LogP contribution in [0.15, 0.2) is 6.33 Å². The molecule has 2 aliphatic heterocycles. The van der Waals surface area contributed by atoms with Crippen molar-refractivity contribution >= 4 is 27.2 Å². The number of aromatic nitrogens is 2. The molecule has 0 bridgehead atoms. The highest BCUT2D eigenvalue weighted by Gasteiger charge is 2.37. The van der Waals surface area contributed by atoms with Gasteiger partial charge in [0.1, 0.15) is 12.0 Å². The monoisotopic (exact) mass is 298 g/mol. The fourth-order valence-corrected chi connectivity index (χ4v) is 4.31. The van der Waals surface area contributed by atoms with Crippen molar-refractivity contribution < 1.29 is 17.9 Å². The second kappa shape index (κ2) is 4.58. The molecular weight excluding hydrogens is 284 g/mol. The Balaban J connectivity index is 2.01. The molecule has 0 spiro atoms. The van der Waals surface area contributed by atoms with Gasteiger partial charge < -0.3 is 15.0 Å². The minimum absolute atomic E-state index is 0.0477. The summed E-state index contributed by atoms with van der Waals surface area (Å²) in [6.45, 7) is 0.0906. The van der Waals surface area contributed by atoms with Crippen molar-refractivity contribution in [3.05, 3.63) is 6.33 Å². The van der Waals surface area contributed by atoms with Gasteiger partial charge in [0.2, 0.25) is 11.8 Å². The fraction of sp³-hybridized carbons (Fsp3) is 0.545. The van der Waals surface area contributed by atoms with Crippen LogP contribution in [0.5, 0.6) is 5.88 Å². The van der Waals surface area contributed by atoms with E-state index in [9.17, 15) is 13.2 Å². The number of methoxy groups -OCH3 is 1. The van der Waals surface area contributed by atoms with Gasteiger partial charge in [-0.05, 0) is 6.42 Å². The van der Waals surface area contributed by atoms with Gasteiger partial charge in [-0.2, -0.15) is 4.98 Å². The van der Waals surface area contributed by atoms with Crippen molar-refractivity contribution in [2.45, 2.75) is 12.5 Å². The van der Waals surface area contributed by atoms with Crippen LogP contribution in [-0.4, -0.2) is 55.5 Å². The molecule has 1 atom stereocenters. The van der Waals surface area contributed by atoms with Crippen molar-refractivity contribution in [2.24, 2.45) is 0 Å². The molecule has 108 valence electrons. The van der Waals surface area contributed by atoms with Gasteiger partial charge in [0.25, 0.3) is 0 Å². The molecule has 20 heavy (non-hydrogen) atoms. The molecule has 0 aliphatic carbocycles. The average molecular weight is 298 g/mol. The molecular formula is C11H14N4O4S. The Labute approximate surface area is 116 Å². The lowest BCUT2D eigenvalue weighted by molar-refractivity contribution is -0.115. The molecule has 1 amide bonds. The van der Waals surface area contributed by atoms with Gasteiger partial charge in [0.15, 0.2) is 15.7 Å². The van der Waals surface area contributed by atoms with Crippen molar-refractivity contribution in [1.82, 2.24) is 9.97 Å². The zero-order valence-electron chi connectivity index (χ0n) is 10.9. The summed E-state index contributed by atoms with van der Waals surface area (Å²) in [6, 6.07) is -0.232. The minimum Gasteiger partial charge on any atom is -0.479 e. The summed E-state index contributed by atoms with van der Waals surface area (Å²) in [6.07, 6.45) is 1.84. The molecule has 0 aromatic carbocycles. The second-order valence-electron chi connectivity index (χ2n) is 4.81. The van der Waals surface area contributed by atoms with Gasteiger partial charge >= 0.3 is 0 Å². The number of nitrogens with zero attached hydrogens (tertiary/aromatic N) is 3. The van der Waals surface area contributed by atoms with Crippen LogP contribution >= 0.6 is 0 Å². The van der Waals surface area contributed by atoms with E-state index in [0.29, 0.717) is 17.9 Å². The third-order valence-corrected chi connectivity index (χ3v) is 5.24. The van der Waals surface area contributed by atoms with Crippen molar-refractivity contribution in [3.8, 4) is 5.88 Å². The number of rotatable bonds is 2. The van der Waals surface area contributed by atoms with Crippen LogP contribution in [0.1, 0.15) is 6.42 Å². The first kappa shape index (κ1) is 13.1. The number of ether oxygens (including phenoxy) is 1. The van der Waals surface area contributed by atoms with Crippen LogP contribution < -0.4 is 15.0 Å². The fourth-order valence-electron chi connectivity index (χ4n) is 2.57. The number of anilines is 2. The van der Waals surface area contributed by atoms with Crippen LogP contribution in [0.3, 0.4) is 0 Å². The SMILES string of the molecule is COc1ncnc2c1NC(=O)CN2C1CCS(=O)(=O)C1. The van der Waals surface area contributed by atoms with E-state index < -0.39 is 9.84 Å². The van der Waals surface area contributed by atoms with E-state index in [2.05, 4.69) is 15.3 Å². The lowest BCUT2D eigenvalue weighted by Crippen LogP contribution is -2.46. The Morgan fingerprint density at radius 3 is 2.90 bits per heavy atom. The highest BCUT2D eigenvalue weighted by molar-refractivity contribution is 7.91. The Morgan fingerprint density at radius 2 is 2.25 bits per heavy atom. The van der Waals surface area contributed by atoms with Crippen LogP contribution in [0.2, 0.25) is 0 Å². The lowest BCUT2D eigenvalue weighted by atomic mass is 10.2. The molecule has 1 aromatic rings. The third-order valence-electron chi connectivity index (χ3n) is 3.49.